The predicted octanol–water partition coefficient (Wildman–Crippen LogP) is 4.71. The molecule has 1 aliphatic carbocycles. The second kappa shape index (κ2) is 5.95. The van der Waals surface area contributed by atoms with Gasteiger partial charge in [-0.15, -0.1) is 11.3 Å². The summed E-state index contributed by atoms with van der Waals surface area (Å²) in [5, 5.41) is 2.00. The number of thiazole rings is 1. The highest BCUT2D eigenvalue weighted by Crippen LogP contribution is 2.42. The van der Waals surface area contributed by atoms with Crippen molar-refractivity contribution in [2.24, 2.45) is 0 Å². The maximum atomic E-state index is 12.0. The SMILES string of the molecule is CCOC(=O)C1CCc2sc(-c3ccc(Cl)cc3Cl)nc21. The van der Waals surface area contributed by atoms with Crippen molar-refractivity contribution in [2.75, 3.05) is 6.61 Å². The van der Waals surface area contributed by atoms with Gasteiger partial charge in [0.15, 0.2) is 0 Å². The van der Waals surface area contributed by atoms with Crippen molar-refractivity contribution in [1.82, 2.24) is 4.98 Å². The van der Waals surface area contributed by atoms with Gasteiger partial charge >= 0.3 is 5.97 Å². The Morgan fingerprint density at radius 2 is 2.29 bits per heavy atom. The first-order valence-corrected chi connectivity index (χ1v) is 8.29. The van der Waals surface area contributed by atoms with Crippen LogP contribution < -0.4 is 0 Å². The summed E-state index contributed by atoms with van der Waals surface area (Å²) in [6.45, 7) is 2.21. The van der Waals surface area contributed by atoms with Crippen LogP contribution in [-0.2, 0) is 16.0 Å². The minimum Gasteiger partial charge on any atom is -0.465 e. The van der Waals surface area contributed by atoms with Gasteiger partial charge in [0, 0.05) is 15.5 Å². The van der Waals surface area contributed by atoms with Gasteiger partial charge in [-0.2, -0.15) is 0 Å². The number of nitrogens with zero attached hydrogens (tertiary/aromatic N) is 1. The standard InChI is InChI=1S/C15H13Cl2NO2S/c1-2-20-15(19)10-5-6-12-13(10)18-14(21-12)9-4-3-8(16)7-11(9)17/h3-4,7,10H,2,5-6H2,1H3. The summed E-state index contributed by atoms with van der Waals surface area (Å²) in [6, 6.07) is 5.35. The third-order valence-electron chi connectivity index (χ3n) is 3.45. The fourth-order valence-corrected chi connectivity index (χ4v) is 4.21. The van der Waals surface area contributed by atoms with Crippen molar-refractivity contribution >= 4 is 40.5 Å². The molecule has 1 aromatic heterocycles. The van der Waals surface area contributed by atoms with Gasteiger partial charge in [-0.3, -0.25) is 4.79 Å². The van der Waals surface area contributed by atoms with Crippen molar-refractivity contribution in [1.29, 1.82) is 0 Å². The maximum Gasteiger partial charge on any atom is 0.315 e. The van der Waals surface area contributed by atoms with Gasteiger partial charge in [0.05, 0.1) is 17.3 Å². The second-order valence-electron chi connectivity index (χ2n) is 4.79. The number of hydrogen-bond acceptors (Lipinski definition) is 4. The number of rotatable bonds is 3. The lowest BCUT2D eigenvalue weighted by molar-refractivity contribution is -0.145. The van der Waals surface area contributed by atoms with Crippen LogP contribution in [0.1, 0.15) is 29.8 Å². The number of aryl methyl sites for hydroxylation is 1. The summed E-state index contributed by atoms with van der Waals surface area (Å²) in [4.78, 5) is 17.7. The van der Waals surface area contributed by atoms with E-state index in [0.717, 1.165) is 34.0 Å². The Kier molecular flexibility index (Phi) is 4.20. The fourth-order valence-electron chi connectivity index (χ4n) is 2.48. The van der Waals surface area contributed by atoms with E-state index in [4.69, 9.17) is 27.9 Å². The summed E-state index contributed by atoms with van der Waals surface area (Å²) in [5.74, 6) is -0.425. The minimum atomic E-state index is -0.240. The first kappa shape index (κ1) is 14.8. The van der Waals surface area contributed by atoms with E-state index in [1.165, 1.54) is 0 Å². The van der Waals surface area contributed by atoms with Crippen molar-refractivity contribution in [3.05, 3.63) is 38.8 Å². The summed E-state index contributed by atoms with van der Waals surface area (Å²) in [5.41, 5.74) is 1.70. The molecular weight excluding hydrogens is 329 g/mol. The van der Waals surface area contributed by atoms with Crippen molar-refractivity contribution < 1.29 is 9.53 Å². The Balaban J connectivity index is 1.95. The average Bonchev–Trinajstić information content (AvgIpc) is 2.98. The molecule has 0 bridgehead atoms. The van der Waals surface area contributed by atoms with E-state index >= 15 is 0 Å². The van der Waals surface area contributed by atoms with Gasteiger partial charge in [0.25, 0.3) is 0 Å². The number of esters is 1. The monoisotopic (exact) mass is 341 g/mol. The molecule has 0 amide bonds. The van der Waals surface area contributed by atoms with Crippen LogP contribution in [0.2, 0.25) is 10.0 Å². The summed E-state index contributed by atoms with van der Waals surface area (Å²) in [6.07, 6.45) is 1.64. The van der Waals surface area contributed by atoms with E-state index in [2.05, 4.69) is 4.98 Å². The van der Waals surface area contributed by atoms with Crippen LogP contribution in [0.5, 0.6) is 0 Å². The number of ether oxygens (including phenoxy) is 1. The molecule has 21 heavy (non-hydrogen) atoms. The van der Waals surface area contributed by atoms with Crippen molar-refractivity contribution in [2.45, 2.75) is 25.7 Å². The first-order chi connectivity index (χ1) is 10.1. The number of halogens is 2. The molecule has 3 nitrogen and oxygen atoms in total. The highest BCUT2D eigenvalue weighted by atomic mass is 35.5. The van der Waals surface area contributed by atoms with E-state index in [1.807, 2.05) is 13.0 Å². The highest BCUT2D eigenvalue weighted by molar-refractivity contribution is 7.15. The molecule has 0 saturated heterocycles. The molecule has 110 valence electrons. The Morgan fingerprint density at radius 1 is 1.48 bits per heavy atom. The van der Waals surface area contributed by atoms with Crippen LogP contribution in [0.4, 0.5) is 0 Å². The van der Waals surface area contributed by atoms with Crippen LogP contribution in [0.15, 0.2) is 18.2 Å². The van der Waals surface area contributed by atoms with E-state index < -0.39 is 0 Å². The van der Waals surface area contributed by atoms with E-state index in [9.17, 15) is 4.79 Å². The third-order valence-corrected chi connectivity index (χ3v) is 5.16. The van der Waals surface area contributed by atoms with Gasteiger partial charge in [0.1, 0.15) is 10.9 Å². The van der Waals surface area contributed by atoms with Gasteiger partial charge in [0.2, 0.25) is 0 Å². The topological polar surface area (TPSA) is 39.2 Å². The Morgan fingerprint density at radius 3 is 3.00 bits per heavy atom. The molecule has 1 heterocycles. The molecule has 0 N–H and O–H groups in total. The van der Waals surface area contributed by atoms with Gasteiger partial charge in [-0.05, 0) is 38.0 Å². The lowest BCUT2D eigenvalue weighted by Gasteiger charge is -2.08. The number of fused-ring (bicyclic) bond motifs is 1. The van der Waals surface area contributed by atoms with E-state index in [0.29, 0.717) is 16.7 Å². The smallest absolute Gasteiger partial charge is 0.315 e. The molecule has 1 aromatic carbocycles. The van der Waals surface area contributed by atoms with Crippen LogP contribution in [-0.4, -0.2) is 17.6 Å². The molecule has 0 radical (unpaired) electrons. The van der Waals surface area contributed by atoms with Crippen molar-refractivity contribution in [3.8, 4) is 10.6 Å². The molecule has 2 aromatic rings. The second-order valence-corrected chi connectivity index (χ2v) is 6.72. The first-order valence-electron chi connectivity index (χ1n) is 6.71. The molecule has 1 unspecified atom stereocenters. The Hall–Kier alpha value is -1.10. The zero-order valence-electron chi connectivity index (χ0n) is 11.4. The molecule has 6 heteroatoms. The summed E-state index contributed by atoms with van der Waals surface area (Å²) < 4.78 is 5.12. The zero-order chi connectivity index (χ0) is 15.0. The number of aromatic nitrogens is 1. The molecule has 0 fully saturated rings. The van der Waals surface area contributed by atoms with Gasteiger partial charge in [-0.1, -0.05) is 23.2 Å². The van der Waals surface area contributed by atoms with Crippen molar-refractivity contribution in [3.63, 3.8) is 0 Å². The molecular formula is C15H13Cl2NO2S. The average molecular weight is 342 g/mol. The third kappa shape index (κ3) is 2.80. The highest BCUT2D eigenvalue weighted by Gasteiger charge is 2.33. The molecule has 0 spiro atoms. The number of carbonyl (C=O) groups excluding carboxylic acids is 1. The lowest BCUT2D eigenvalue weighted by atomic mass is 10.1. The van der Waals surface area contributed by atoms with Crippen LogP contribution in [0.3, 0.4) is 0 Å². The molecule has 1 aliphatic rings. The Bertz CT molecular complexity index is 699. The Labute approximate surface area is 136 Å². The van der Waals surface area contributed by atoms with E-state index in [1.54, 1.807) is 23.5 Å². The number of benzene rings is 1. The van der Waals surface area contributed by atoms with Gasteiger partial charge < -0.3 is 4.74 Å². The maximum absolute atomic E-state index is 12.0. The largest absolute Gasteiger partial charge is 0.465 e. The summed E-state index contributed by atoms with van der Waals surface area (Å²) in [7, 11) is 0. The van der Waals surface area contributed by atoms with Gasteiger partial charge in [-0.25, -0.2) is 4.98 Å². The predicted molar refractivity (Wildman–Crippen MR) is 85.3 cm³/mol. The quantitative estimate of drug-likeness (QED) is 0.759. The van der Waals surface area contributed by atoms with Crippen LogP contribution >= 0.6 is 34.5 Å². The minimum absolute atomic E-state index is 0.185. The molecule has 3 rings (SSSR count). The summed E-state index contributed by atoms with van der Waals surface area (Å²) >= 11 is 13.7. The normalized spacial score (nSPS) is 16.8. The van der Waals surface area contributed by atoms with E-state index in [-0.39, 0.29) is 11.9 Å². The lowest BCUT2D eigenvalue weighted by Crippen LogP contribution is -2.14. The zero-order valence-corrected chi connectivity index (χ0v) is 13.7. The molecule has 0 saturated carbocycles. The number of hydrogen-bond donors (Lipinski definition) is 0. The number of carbonyl (C=O) groups is 1. The van der Waals surface area contributed by atoms with Crippen LogP contribution in [0.25, 0.3) is 10.6 Å². The molecule has 0 aliphatic heterocycles. The fraction of sp³-hybridized carbons (Fsp3) is 0.333. The van der Waals surface area contributed by atoms with Crippen LogP contribution in [0, 0.1) is 0 Å². The molecule has 1 atom stereocenters.